The number of nitrogens with zero attached hydrogens (tertiary/aromatic N) is 1. The van der Waals surface area contributed by atoms with Crippen LogP contribution in [-0.2, 0) is 10.0 Å². The molecule has 5 nitrogen and oxygen atoms in total. The van der Waals surface area contributed by atoms with Gasteiger partial charge >= 0.3 is 0 Å². The van der Waals surface area contributed by atoms with E-state index in [0.29, 0.717) is 10.6 Å². The van der Waals surface area contributed by atoms with E-state index in [1.807, 2.05) is 6.07 Å². The molecule has 7 heteroatoms. The van der Waals surface area contributed by atoms with Crippen molar-refractivity contribution in [3.63, 3.8) is 0 Å². The van der Waals surface area contributed by atoms with E-state index in [4.69, 9.17) is 21.6 Å². The molecule has 0 fully saturated rings. The van der Waals surface area contributed by atoms with Crippen molar-refractivity contribution in [3.05, 3.63) is 53.1 Å². The third-order valence-electron chi connectivity index (χ3n) is 2.68. The summed E-state index contributed by atoms with van der Waals surface area (Å²) in [6, 6.07) is 12.3. The number of sulfonamides is 1. The number of hydrogen-bond donors (Lipinski definition) is 1. The molecule has 0 radical (unpaired) electrons. The predicted molar refractivity (Wildman–Crippen MR) is 80.0 cm³/mol. The summed E-state index contributed by atoms with van der Waals surface area (Å²) in [5.74, 6) is 0.264. The number of anilines is 1. The quantitative estimate of drug-likeness (QED) is 0.938. The van der Waals surface area contributed by atoms with Crippen LogP contribution in [-0.4, -0.2) is 15.5 Å². The Hall–Kier alpha value is -2.23. The van der Waals surface area contributed by atoms with Gasteiger partial charge in [-0.25, -0.2) is 8.42 Å². The van der Waals surface area contributed by atoms with Crippen molar-refractivity contribution < 1.29 is 13.2 Å². The Morgan fingerprint density at radius 3 is 2.62 bits per heavy atom. The average molecular weight is 323 g/mol. The van der Waals surface area contributed by atoms with Gasteiger partial charge in [-0.15, -0.1) is 0 Å². The number of benzene rings is 2. The lowest BCUT2D eigenvalue weighted by Gasteiger charge is -2.12. The number of nitriles is 1. The first-order valence-electron chi connectivity index (χ1n) is 5.83. The number of hydrogen-bond acceptors (Lipinski definition) is 4. The first-order chi connectivity index (χ1) is 9.96. The van der Waals surface area contributed by atoms with Crippen LogP contribution in [0.5, 0.6) is 5.75 Å². The van der Waals surface area contributed by atoms with E-state index in [-0.39, 0.29) is 16.3 Å². The molecule has 0 aliphatic rings. The molecule has 2 aromatic carbocycles. The van der Waals surface area contributed by atoms with Crippen LogP contribution in [0.25, 0.3) is 0 Å². The van der Waals surface area contributed by atoms with Crippen LogP contribution in [0.15, 0.2) is 47.4 Å². The van der Waals surface area contributed by atoms with Gasteiger partial charge < -0.3 is 4.74 Å². The third kappa shape index (κ3) is 3.45. The molecule has 0 aromatic heterocycles. The first kappa shape index (κ1) is 15.2. The Balaban J connectivity index is 2.40. The second kappa shape index (κ2) is 6.04. The summed E-state index contributed by atoms with van der Waals surface area (Å²) < 4.78 is 32.1. The number of methoxy groups -OCH3 is 1. The summed E-state index contributed by atoms with van der Waals surface area (Å²) in [7, 11) is -2.39. The molecule has 0 atom stereocenters. The molecular formula is C14H11ClN2O3S. The Labute approximate surface area is 127 Å². The van der Waals surface area contributed by atoms with Gasteiger partial charge in [0.05, 0.1) is 29.3 Å². The van der Waals surface area contributed by atoms with E-state index >= 15 is 0 Å². The molecule has 2 aromatic rings. The van der Waals surface area contributed by atoms with Crippen molar-refractivity contribution in [3.8, 4) is 11.8 Å². The van der Waals surface area contributed by atoms with Crippen LogP contribution in [0.1, 0.15) is 5.56 Å². The number of ether oxygens (including phenoxy) is 1. The normalized spacial score (nSPS) is 10.7. The standard InChI is InChI=1S/C14H11ClN2O3S/c1-20-14-7-10(9-16)5-6-13(14)17-21(18,19)12-4-2-3-11(15)8-12/h2-8,17H,1H3. The van der Waals surface area contributed by atoms with E-state index in [0.717, 1.165) is 0 Å². The molecular weight excluding hydrogens is 312 g/mol. The minimum absolute atomic E-state index is 0.0430. The summed E-state index contributed by atoms with van der Waals surface area (Å²) in [6.07, 6.45) is 0. The van der Waals surface area contributed by atoms with Gasteiger partial charge in [0, 0.05) is 11.1 Å². The molecule has 0 saturated carbocycles. The molecule has 0 unspecified atom stereocenters. The van der Waals surface area contributed by atoms with Crippen molar-refractivity contribution in [1.82, 2.24) is 0 Å². The lowest BCUT2D eigenvalue weighted by molar-refractivity contribution is 0.416. The summed E-state index contributed by atoms with van der Waals surface area (Å²) in [6.45, 7) is 0. The Bertz CT molecular complexity index is 813. The van der Waals surface area contributed by atoms with E-state index in [1.165, 1.54) is 37.4 Å². The lowest BCUT2D eigenvalue weighted by Crippen LogP contribution is -2.13. The van der Waals surface area contributed by atoms with Crippen LogP contribution in [0.2, 0.25) is 5.02 Å². The number of rotatable bonds is 4. The molecule has 21 heavy (non-hydrogen) atoms. The fourth-order valence-electron chi connectivity index (χ4n) is 1.68. The smallest absolute Gasteiger partial charge is 0.262 e. The largest absolute Gasteiger partial charge is 0.495 e. The molecule has 0 saturated heterocycles. The van der Waals surface area contributed by atoms with Crippen LogP contribution < -0.4 is 9.46 Å². The minimum atomic E-state index is -3.79. The molecule has 108 valence electrons. The van der Waals surface area contributed by atoms with Crippen molar-refractivity contribution in [2.24, 2.45) is 0 Å². The highest BCUT2D eigenvalue weighted by Crippen LogP contribution is 2.28. The zero-order valence-electron chi connectivity index (χ0n) is 11.0. The van der Waals surface area contributed by atoms with Gasteiger partial charge in [0.1, 0.15) is 5.75 Å². The molecule has 2 rings (SSSR count). The molecule has 1 N–H and O–H groups in total. The highest BCUT2D eigenvalue weighted by molar-refractivity contribution is 7.92. The van der Waals surface area contributed by atoms with Crippen LogP contribution in [0.3, 0.4) is 0 Å². The summed E-state index contributed by atoms with van der Waals surface area (Å²) >= 11 is 5.80. The Kier molecular flexibility index (Phi) is 4.36. The fourth-order valence-corrected chi connectivity index (χ4v) is 3.05. The molecule has 0 aliphatic carbocycles. The maximum absolute atomic E-state index is 12.3. The van der Waals surface area contributed by atoms with Crippen LogP contribution >= 0.6 is 11.6 Å². The summed E-state index contributed by atoms with van der Waals surface area (Å²) in [4.78, 5) is 0.0430. The van der Waals surface area contributed by atoms with Gasteiger partial charge in [0.25, 0.3) is 10.0 Å². The Morgan fingerprint density at radius 2 is 2.00 bits per heavy atom. The van der Waals surface area contributed by atoms with E-state index in [9.17, 15) is 8.42 Å². The van der Waals surface area contributed by atoms with E-state index in [1.54, 1.807) is 12.1 Å². The van der Waals surface area contributed by atoms with Crippen LogP contribution in [0.4, 0.5) is 5.69 Å². The van der Waals surface area contributed by atoms with Gasteiger partial charge in [-0.05, 0) is 30.3 Å². The second-order valence-electron chi connectivity index (χ2n) is 4.09. The fraction of sp³-hybridized carbons (Fsp3) is 0.0714. The van der Waals surface area contributed by atoms with Gasteiger partial charge in [0.2, 0.25) is 0 Å². The monoisotopic (exact) mass is 322 g/mol. The van der Waals surface area contributed by atoms with Crippen molar-refractivity contribution in [2.45, 2.75) is 4.90 Å². The van der Waals surface area contributed by atoms with Gasteiger partial charge in [-0.2, -0.15) is 5.26 Å². The van der Waals surface area contributed by atoms with Crippen molar-refractivity contribution in [2.75, 3.05) is 11.8 Å². The highest BCUT2D eigenvalue weighted by atomic mass is 35.5. The topological polar surface area (TPSA) is 79.2 Å². The second-order valence-corrected chi connectivity index (χ2v) is 6.21. The minimum Gasteiger partial charge on any atom is -0.495 e. The van der Waals surface area contributed by atoms with Crippen LogP contribution in [0, 0.1) is 11.3 Å². The summed E-state index contributed by atoms with van der Waals surface area (Å²) in [5.41, 5.74) is 0.619. The van der Waals surface area contributed by atoms with Gasteiger partial charge in [0.15, 0.2) is 0 Å². The third-order valence-corrected chi connectivity index (χ3v) is 4.28. The van der Waals surface area contributed by atoms with Crippen molar-refractivity contribution >= 4 is 27.3 Å². The predicted octanol–water partition coefficient (Wildman–Crippen LogP) is 3.02. The zero-order chi connectivity index (χ0) is 15.5. The molecule has 0 aliphatic heterocycles. The number of halogens is 1. The zero-order valence-corrected chi connectivity index (χ0v) is 12.6. The van der Waals surface area contributed by atoms with E-state index in [2.05, 4.69) is 4.72 Å². The van der Waals surface area contributed by atoms with Crippen molar-refractivity contribution in [1.29, 1.82) is 5.26 Å². The maximum atomic E-state index is 12.3. The Morgan fingerprint density at radius 1 is 1.24 bits per heavy atom. The maximum Gasteiger partial charge on any atom is 0.262 e. The molecule has 0 amide bonds. The van der Waals surface area contributed by atoms with Gasteiger partial charge in [-0.1, -0.05) is 17.7 Å². The SMILES string of the molecule is COc1cc(C#N)ccc1NS(=O)(=O)c1cccc(Cl)c1. The van der Waals surface area contributed by atoms with Gasteiger partial charge in [-0.3, -0.25) is 4.72 Å². The summed E-state index contributed by atoms with van der Waals surface area (Å²) in [5, 5.41) is 9.15. The average Bonchev–Trinajstić information content (AvgIpc) is 2.47. The lowest BCUT2D eigenvalue weighted by atomic mass is 10.2. The molecule has 0 spiro atoms. The van der Waals surface area contributed by atoms with E-state index < -0.39 is 10.0 Å². The number of nitrogens with one attached hydrogen (secondary N) is 1. The molecule has 0 bridgehead atoms. The first-order valence-corrected chi connectivity index (χ1v) is 7.69. The highest BCUT2D eigenvalue weighted by Gasteiger charge is 2.17. The molecule has 0 heterocycles.